The third kappa shape index (κ3) is 4.26. The maximum absolute atomic E-state index is 11.8. The summed E-state index contributed by atoms with van der Waals surface area (Å²) in [6, 6.07) is 6.27. The summed E-state index contributed by atoms with van der Waals surface area (Å²) in [6.45, 7) is 7.39. The van der Waals surface area contributed by atoms with Crippen molar-refractivity contribution >= 4 is 5.91 Å². The van der Waals surface area contributed by atoms with Gasteiger partial charge < -0.3 is 9.73 Å². The third-order valence-corrected chi connectivity index (χ3v) is 4.31. The number of rotatable bonds is 7. The van der Waals surface area contributed by atoms with Crippen LogP contribution in [0.1, 0.15) is 44.2 Å². The highest BCUT2D eigenvalue weighted by Gasteiger charge is 2.25. The summed E-state index contributed by atoms with van der Waals surface area (Å²) in [7, 11) is 0. The molecule has 24 heavy (non-hydrogen) atoms. The molecule has 1 aliphatic rings. The Kier molecular flexibility index (Phi) is 5.35. The Hall–Kier alpha value is -2.08. The maximum Gasteiger partial charge on any atom is 0.220 e. The van der Waals surface area contributed by atoms with E-state index in [4.69, 9.17) is 4.42 Å². The number of furan rings is 1. The molecule has 3 rings (SSSR count). The minimum absolute atomic E-state index is 0.133. The fourth-order valence-corrected chi connectivity index (χ4v) is 3.24. The van der Waals surface area contributed by atoms with Crippen molar-refractivity contribution in [1.82, 2.24) is 20.0 Å². The van der Waals surface area contributed by atoms with Crippen LogP contribution in [-0.2, 0) is 17.9 Å². The number of fused-ring (bicyclic) bond motifs is 1. The fourth-order valence-electron chi connectivity index (χ4n) is 3.24. The number of aromatic nitrogens is 2. The molecule has 1 amide bonds. The van der Waals surface area contributed by atoms with E-state index in [1.165, 1.54) is 5.69 Å². The van der Waals surface area contributed by atoms with Crippen LogP contribution in [0.4, 0.5) is 0 Å². The highest BCUT2D eigenvalue weighted by atomic mass is 16.3. The zero-order valence-electron chi connectivity index (χ0n) is 14.4. The second-order valence-electron chi connectivity index (χ2n) is 6.91. The van der Waals surface area contributed by atoms with Crippen LogP contribution < -0.4 is 5.32 Å². The number of amides is 1. The summed E-state index contributed by atoms with van der Waals surface area (Å²) in [5.74, 6) is 1.50. The Morgan fingerprint density at radius 2 is 2.33 bits per heavy atom. The van der Waals surface area contributed by atoms with Crippen molar-refractivity contribution in [1.29, 1.82) is 0 Å². The molecule has 6 nitrogen and oxygen atoms in total. The minimum Gasteiger partial charge on any atom is -0.468 e. The molecule has 0 saturated heterocycles. The van der Waals surface area contributed by atoms with Crippen LogP contribution in [0.15, 0.2) is 35.1 Å². The van der Waals surface area contributed by atoms with Gasteiger partial charge in [0.1, 0.15) is 5.76 Å². The molecule has 1 aliphatic heterocycles. The molecule has 6 heteroatoms. The van der Waals surface area contributed by atoms with Gasteiger partial charge in [0.25, 0.3) is 0 Å². The Bertz CT molecular complexity index is 648. The van der Waals surface area contributed by atoms with Crippen LogP contribution in [-0.4, -0.2) is 33.7 Å². The molecule has 0 saturated carbocycles. The SMILES string of the molecule is CC(C)CC(=O)NCC[C@H]1CN(Cc2ccco2)Cc2ccnn21. The lowest BCUT2D eigenvalue weighted by Gasteiger charge is -2.33. The Morgan fingerprint density at radius 3 is 3.08 bits per heavy atom. The van der Waals surface area contributed by atoms with E-state index in [1.807, 2.05) is 18.3 Å². The van der Waals surface area contributed by atoms with Gasteiger partial charge in [-0.2, -0.15) is 5.10 Å². The predicted molar refractivity (Wildman–Crippen MR) is 91.2 cm³/mol. The van der Waals surface area contributed by atoms with Crippen LogP contribution in [0.2, 0.25) is 0 Å². The summed E-state index contributed by atoms with van der Waals surface area (Å²) < 4.78 is 7.57. The molecule has 130 valence electrons. The van der Waals surface area contributed by atoms with Gasteiger partial charge in [0.15, 0.2) is 0 Å². The summed E-state index contributed by atoms with van der Waals surface area (Å²) in [5, 5.41) is 7.50. The molecule has 0 aliphatic carbocycles. The fraction of sp³-hybridized carbons (Fsp3) is 0.556. The van der Waals surface area contributed by atoms with E-state index in [-0.39, 0.29) is 11.9 Å². The molecule has 0 aromatic carbocycles. The Balaban J connectivity index is 1.56. The molecular weight excluding hydrogens is 304 g/mol. The van der Waals surface area contributed by atoms with Gasteiger partial charge in [0, 0.05) is 32.3 Å². The van der Waals surface area contributed by atoms with Gasteiger partial charge in [-0.1, -0.05) is 13.8 Å². The van der Waals surface area contributed by atoms with Gasteiger partial charge in [0.2, 0.25) is 5.91 Å². The number of nitrogens with one attached hydrogen (secondary N) is 1. The Labute approximate surface area is 142 Å². The van der Waals surface area contributed by atoms with Gasteiger partial charge >= 0.3 is 0 Å². The van der Waals surface area contributed by atoms with Gasteiger partial charge in [-0.05, 0) is 30.5 Å². The molecule has 0 bridgehead atoms. The first-order valence-corrected chi connectivity index (χ1v) is 8.65. The van der Waals surface area contributed by atoms with Crippen LogP contribution in [0.5, 0.6) is 0 Å². The zero-order valence-corrected chi connectivity index (χ0v) is 14.4. The van der Waals surface area contributed by atoms with E-state index in [1.54, 1.807) is 6.26 Å². The lowest BCUT2D eigenvalue weighted by atomic mass is 10.1. The third-order valence-electron chi connectivity index (χ3n) is 4.31. The summed E-state index contributed by atoms with van der Waals surface area (Å²) in [6.07, 6.45) is 5.04. The summed E-state index contributed by atoms with van der Waals surface area (Å²) in [5.41, 5.74) is 1.21. The molecular formula is C18H26N4O2. The van der Waals surface area contributed by atoms with Crippen molar-refractivity contribution in [3.63, 3.8) is 0 Å². The molecule has 2 aromatic heterocycles. The number of hydrogen-bond donors (Lipinski definition) is 1. The standard InChI is InChI=1S/C18H26N4O2/c1-14(2)10-18(23)19-7-5-15-11-21(13-17-4-3-9-24-17)12-16-6-8-20-22(15)16/h3-4,6,8-9,14-15H,5,7,10-13H2,1-2H3,(H,19,23)/t15-/m0/s1. The van der Waals surface area contributed by atoms with Crippen LogP contribution in [0.25, 0.3) is 0 Å². The van der Waals surface area contributed by atoms with Gasteiger partial charge in [-0.25, -0.2) is 0 Å². The largest absolute Gasteiger partial charge is 0.468 e. The summed E-state index contributed by atoms with van der Waals surface area (Å²) in [4.78, 5) is 14.2. The van der Waals surface area contributed by atoms with E-state index in [0.29, 0.717) is 18.9 Å². The molecule has 1 N–H and O–H groups in total. The molecule has 0 radical (unpaired) electrons. The van der Waals surface area contributed by atoms with Crippen LogP contribution in [0.3, 0.4) is 0 Å². The number of nitrogens with zero attached hydrogens (tertiary/aromatic N) is 3. The average Bonchev–Trinajstić information content (AvgIpc) is 3.17. The van der Waals surface area contributed by atoms with Crippen molar-refractivity contribution in [3.8, 4) is 0 Å². The molecule has 3 heterocycles. The maximum atomic E-state index is 11.8. The molecule has 0 spiro atoms. The monoisotopic (exact) mass is 330 g/mol. The normalized spacial score (nSPS) is 17.9. The second-order valence-corrected chi connectivity index (χ2v) is 6.91. The predicted octanol–water partition coefficient (Wildman–Crippen LogP) is 2.59. The Morgan fingerprint density at radius 1 is 1.46 bits per heavy atom. The van der Waals surface area contributed by atoms with E-state index < -0.39 is 0 Å². The van der Waals surface area contributed by atoms with Gasteiger partial charge in [0.05, 0.1) is 24.5 Å². The van der Waals surface area contributed by atoms with Crippen molar-refractivity contribution in [2.24, 2.45) is 5.92 Å². The number of carbonyl (C=O) groups is 1. The molecule has 0 unspecified atom stereocenters. The highest BCUT2D eigenvalue weighted by Crippen LogP contribution is 2.24. The van der Waals surface area contributed by atoms with Crippen molar-refractivity contribution in [2.45, 2.75) is 45.8 Å². The number of carbonyl (C=O) groups excluding carboxylic acids is 1. The van der Waals surface area contributed by atoms with Gasteiger partial charge in [-0.3, -0.25) is 14.4 Å². The molecule has 1 atom stereocenters. The van der Waals surface area contributed by atoms with Crippen LogP contribution in [0, 0.1) is 5.92 Å². The summed E-state index contributed by atoms with van der Waals surface area (Å²) >= 11 is 0. The van der Waals surface area contributed by atoms with Crippen molar-refractivity contribution in [3.05, 3.63) is 42.1 Å². The topological polar surface area (TPSA) is 63.3 Å². The van der Waals surface area contributed by atoms with E-state index in [2.05, 4.69) is 39.9 Å². The zero-order chi connectivity index (χ0) is 16.9. The highest BCUT2D eigenvalue weighted by molar-refractivity contribution is 5.75. The van der Waals surface area contributed by atoms with E-state index >= 15 is 0 Å². The first kappa shape index (κ1) is 16.8. The lowest BCUT2D eigenvalue weighted by Crippen LogP contribution is -2.39. The van der Waals surface area contributed by atoms with Crippen LogP contribution >= 0.6 is 0 Å². The smallest absolute Gasteiger partial charge is 0.220 e. The minimum atomic E-state index is 0.133. The molecule has 0 fully saturated rings. The number of hydrogen-bond acceptors (Lipinski definition) is 4. The molecule has 2 aromatic rings. The van der Waals surface area contributed by atoms with E-state index in [9.17, 15) is 4.79 Å². The van der Waals surface area contributed by atoms with E-state index in [0.717, 1.165) is 31.8 Å². The van der Waals surface area contributed by atoms with Crippen molar-refractivity contribution < 1.29 is 9.21 Å². The second kappa shape index (κ2) is 7.66. The van der Waals surface area contributed by atoms with Gasteiger partial charge in [-0.15, -0.1) is 0 Å². The van der Waals surface area contributed by atoms with Crippen molar-refractivity contribution in [2.75, 3.05) is 13.1 Å². The quantitative estimate of drug-likeness (QED) is 0.847. The lowest BCUT2D eigenvalue weighted by molar-refractivity contribution is -0.121. The first-order valence-electron chi connectivity index (χ1n) is 8.65. The first-order chi connectivity index (χ1) is 11.6. The average molecular weight is 330 g/mol.